The molecule has 0 amide bonds. The molecule has 2 aromatic heterocycles. The van der Waals surface area contributed by atoms with Crippen LogP contribution in [0.1, 0.15) is 10.6 Å². The monoisotopic (exact) mass is 270 g/mol. The molecule has 0 aliphatic carbocycles. The van der Waals surface area contributed by atoms with Crippen LogP contribution in [0.2, 0.25) is 0 Å². The predicted octanol–water partition coefficient (Wildman–Crippen LogP) is 2.60. The van der Waals surface area contributed by atoms with Gasteiger partial charge in [-0.05, 0) is 23.8 Å². The van der Waals surface area contributed by atoms with Crippen molar-refractivity contribution in [2.45, 2.75) is 0 Å². The van der Waals surface area contributed by atoms with Crippen LogP contribution in [0.3, 0.4) is 0 Å². The lowest BCUT2D eigenvalue weighted by molar-refractivity contribution is 0.0665. The molecule has 0 radical (unpaired) electrons. The molecule has 0 aliphatic rings. The van der Waals surface area contributed by atoms with Gasteiger partial charge in [0.25, 0.3) is 0 Å². The molecule has 2 heterocycles. The summed E-state index contributed by atoms with van der Waals surface area (Å²) in [6.07, 6.45) is 4.79. The van der Waals surface area contributed by atoms with E-state index >= 15 is 0 Å². The number of hydrogen-bond donors (Lipinski definition) is 1. The van der Waals surface area contributed by atoms with Crippen LogP contribution >= 0.6 is 0 Å². The molecule has 0 fully saturated rings. The first-order valence-electron chi connectivity index (χ1n) is 5.79. The summed E-state index contributed by atoms with van der Waals surface area (Å²) in [5.74, 6) is -0.776. The highest BCUT2D eigenvalue weighted by Gasteiger charge is 2.15. The Labute approximate surface area is 113 Å². The second-order valence-electron chi connectivity index (χ2n) is 4.14. The Balaban J connectivity index is 2.24. The van der Waals surface area contributed by atoms with Crippen molar-refractivity contribution in [1.82, 2.24) is 9.97 Å². The first-order chi connectivity index (χ1) is 9.69. The zero-order valence-electron chi connectivity index (χ0n) is 10.5. The molecule has 0 atom stereocenters. The molecule has 1 aromatic carbocycles. The second-order valence-corrected chi connectivity index (χ2v) is 4.14. The highest BCUT2D eigenvalue weighted by Crippen LogP contribution is 2.34. The summed E-state index contributed by atoms with van der Waals surface area (Å²) in [6.45, 7) is 0. The number of hydrogen-bond acceptors (Lipinski definition) is 5. The van der Waals surface area contributed by atoms with Crippen molar-refractivity contribution in [1.29, 1.82) is 0 Å². The van der Waals surface area contributed by atoms with Gasteiger partial charge in [-0.25, -0.2) is 14.8 Å². The molecule has 6 nitrogen and oxygen atoms in total. The van der Waals surface area contributed by atoms with Gasteiger partial charge in [0.1, 0.15) is 6.33 Å². The molecule has 100 valence electrons. The zero-order chi connectivity index (χ0) is 14.1. The van der Waals surface area contributed by atoms with Crippen LogP contribution in [0.15, 0.2) is 41.3 Å². The van der Waals surface area contributed by atoms with Gasteiger partial charge in [-0.15, -0.1) is 0 Å². The van der Waals surface area contributed by atoms with Crippen molar-refractivity contribution >= 4 is 16.9 Å². The minimum absolute atomic E-state index is 0.125. The Kier molecular flexibility index (Phi) is 2.83. The molecule has 0 bridgehead atoms. The molecule has 0 unspecified atom stereocenters. The normalized spacial score (nSPS) is 10.7. The largest absolute Gasteiger partial charge is 0.493 e. The van der Waals surface area contributed by atoms with Crippen molar-refractivity contribution in [3.05, 3.63) is 42.7 Å². The molecular formula is C14H10N2O4. The van der Waals surface area contributed by atoms with Gasteiger partial charge in [0.05, 0.1) is 7.11 Å². The number of methoxy groups -OCH3 is 1. The molecule has 0 saturated heterocycles. The number of carbonyl (C=O) groups is 1. The summed E-state index contributed by atoms with van der Waals surface area (Å²) in [7, 11) is 1.50. The van der Waals surface area contributed by atoms with Crippen molar-refractivity contribution < 1.29 is 19.1 Å². The minimum atomic E-state index is -1.12. The van der Waals surface area contributed by atoms with Gasteiger partial charge in [-0.3, -0.25) is 0 Å². The van der Waals surface area contributed by atoms with Gasteiger partial charge in [-0.2, -0.15) is 0 Å². The third-order valence-corrected chi connectivity index (χ3v) is 2.91. The molecule has 0 aliphatic heterocycles. The van der Waals surface area contributed by atoms with E-state index in [1.54, 1.807) is 18.5 Å². The lowest BCUT2D eigenvalue weighted by atomic mass is 10.1. The quantitative estimate of drug-likeness (QED) is 0.787. The second kappa shape index (κ2) is 4.65. The first kappa shape index (κ1) is 12.2. The Hall–Kier alpha value is -2.89. The SMILES string of the molecule is COc1cc(-c2cncnc2)cc2cc(C(=O)O)oc12. The van der Waals surface area contributed by atoms with E-state index in [-0.39, 0.29) is 5.76 Å². The van der Waals surface area contributed by atoms with E-state index in [4.69, 9.17) is 14.3 Å². The summed E-state index contributed by atoms with van der Waals surface area (Å²) in [5, 5.41) is 9.63. The number of carboxylic acid groups (broad SMARTS) is 1. The molecule has 0 spiro atoms. The summed E-state index contributed by atoms with van der Waals surface area (Å²) in [4.78, 5) is 18.9. The third kappa shape index (κ3) is 1.97. The van der Waals surface area contributed by atoms with Crippen molar-refractivity contribution in [2.75, 3.05) is 7.11 Å². The van der Waals surface area contributed by atoms with Crippen LogP contribution in [0, 0.1) is 0 Å². The van der Waals surface area contributed by atoms with E-state index in [0.717, 1.165) is 11.1 Å². The van der Waals surface area contributed by atoms with Gasteiger partial charge in [-0.1, -0.05) is 0 Å². The van der Waals surface area contributed by atoms with Crippen LogP contribution in [-0.2, 0) is 0 Å². The van der Waals surface area contributed by atoms with Gasteiger partial charge >= 0.3 is 5.97 Å². The summed E-state index contributed by atoms with van der Waals surface area (Å²) in [6, 6.07) is 5.04. The zero-order valence-corrected chi connectivity index (χ0v) is 10.5. The number of aromatic nitrogens is 2. The molecule has 3 rings (SSSR count). The Morgan fingerprint density at radius 1 is 1.20 bits per heavy atom. The molecule has 6 heteroatoms. The maximum atomic E-state index is 11.0. The van der Waals surface area contributed by atoms with E-state index in [9.17, 15) is 4.79 Å². The summed E-state index contributed by atoms with van der Waals surface area (Å²) in [5.41, 5.74) is 2.05. The van der Waals surface area contributed by atoms with Crippen molar-refractivity contribution in [3.63, 3.8) is 0 Å². The Morgan fingerprint density at radius 2 is 1.95 bits per heavy atom. The van der Waals surface area contributed by atoms with E-state index in [1.807, 2.05) is 6.07 Å². The fourth-order valence-corrected chi connectivity index (χ4v) is 1.99. The molecule has 0 saturated carbocycles. The Morgan fingerprint density at radius 3 is 2.60 bits per heavy atom. The molecule has 3 aromatic rings. The van der Waals surface area contributed by atoms with Gasteiger partial charge in [0.15, 0.2) is 11.3 Å². The van der Waals surface area contributed by atoms with E-state index in [1.165, 1.54) is 19.5 Å². The average Bonchev–Trinajstić information content (AvgIpc) is 2.91. The third-order valence-electron chi connectivity index (χ3n) is 2.91. The predicted molar refractivity (Wildman–Crippen MR) is 70.8 cm³/mol. The smallest absolute Gasteiger partial charge is 0.371 e. The van der Waals surface area contributed by atoms with Crippen LogP contribution in [0.25, 0.3) is 22.1 Å². The maximum absolute atomic E-state index is 11.0. The number of benzene rings is 1. The number of carboxylic acids is 1. The lowest BCUT2D eigenvalue weighted by Gasteiger charge is -2.05. The maximum Gasteiger partial charge on any atom is 0.371 e. The van der Waals surface area contributed by atoms with Gasteiger partial charge in [0.2, 0.25) is 5.76 Å². The average molecular weight is 270 g/mol. The number of nitrogens with zero attached hydrogens (tertiary/aromatic N) is 2. The van der Waals surface area contributed by atoms with Gasteiger partial charge in [0, 0.05) is 23.3 Å². The summed E-state index contributed by atoms with van der Waals surface area (Å²) < 4.78 is 10.5. The molecule has 1 N–H and O–H groups in total. The highest BCUT2D eigenvalue weighted by atomic mass is 16.5. The van der Waals surface area contributed by atoms with Crippen LogP contribution < -0.4 is 4.74 Å². The summed E-state index contributed by atoms with van der Waals surface area (Å²) >= 11 is 0. The lowest BCUT2D eigenvalue weighted by Crippen LogP contribution is -1.91. The highest BCUT2D eigenvalue weighted by molar-refractivity contribution is 5.95. The fraction of sp³-hybridized carbons (Fsp3) is 0.0714. The number of furan rings is 1. The van der Waals surface area contributed by atoms with Crippen molar-refractivity contribution in [2.24, 2.45) is 0 Å². The van der Waals surface area contributed by atoms with E-state index in [0.29, 0.717) is 16.7 Å². The minimum Gasteiger partial charge on any atom is -0.493 e. The Bertz CT molecular complexity index is 780. The first-order valence-corrected chi connectivity index (χ1v) is 5.79. The topological polar surface area (TPSA) is 85.5 Å². The number of rotatable bonds is 3. The van der Waals surface area contributed by atoms with E-state index in [2.05, 4.69) is 9.97 Å². The van der Waals surface area contributed by atoms with E-state index < -0.39 is 5.97 Å². The standard InChI is InChI=1S/C14H10N2O4/c1-19-11-3-8(10-5-15-7-16-6-10)2-9-4-12(14(17)18)20-13(9)11/h2-7H,1H3,(H,17,18). The van der Waals surface area contributed by atoms with Gasteiger partial charge < -0.3 is 14.3 Å². The number of ether oxygens (including phenoxy) is 1. The van der Waals surface area contributed by atoms with Crippen LogP contribution in [0.4, 0.5) is 0 Å². The number of fused-ring (bicyclic) bond motifs is 1. The van der Waals surface area contributed by atoms with Crippen molar-refractivity contribution in [3.8, 4) is 16.9 Å². The van der Waals surface area contributed by atoms with Crippen LogP contribution in [0.5, 0.6) is 5.75 Å². The molecule has 20 heavy (non-hydrogen) atoms. The number of aromatic carboxylic acids is 1. The fourth-order valence-electron chi connectivity index (χ4n) is 1.99. The molecular weight excluding hydrogens is 260 g/mol. The van der Waals surface area contributed by atoms with Crippen LogP contribution in [-0.4, -0.2) is 28.2 Å².